The van der Waals surface area contributed by atoms with Gasteiger partial charge >= 0.3 is 0 Å². The molecule has 81 heavy (non-hydrogen) atoms. The molecule has 2 aliphatic heterocycles. The lowest BCUT2D eigenvalue weighted by Crippen LogP contribution is -2.57. The van der Waals surface area contributed by atoms with Crippen LogP contribution < -0.4 is 31.9 Å². The minimum Gasteiger partial charge on any atom is -0.343 e. The van der Waals surface area contributed by atoms with Crippen molar-refractivity contribution in [3.05, 3.63) is 70.7 Å². The molecule has 4 aliphatic rings. The molecule has 0 bridgehead atoms. The molecular formula is C61H82N10O8S2. The summed E-state index contributed by atoms with van der Waals surface area (Å²) in [7, 11) is 3.40. The van der Waals surface area contributed by atoms with Crippen molar-refractivity contribution < 1.29 is 38.4 Å². The Morgan fingerprint density at radius 2 is 0.914 bits per heavy atom. The van der Waals surface area contributed by atoms with Crippen molar-refractivity contribution in [2.24, 2.45) is 17.3 Å². The summed E-state index contributed by atoms with van der Waals surface area (Å²) < 4.78 is 0. The van der Waals surface area contributed by atoms with Crippen LogP contribution in [0.25, 0.3) is 22.5 Å². The van der Waals surface area contributed by atoms with Crippen molar-refractivity contribution in [2.45, 2.75) is 180 Å². The molecule has 0 unspecified atom stereocenters. The Balaban J connectivity index is 0.916. The normalized spacial score (nSPS) is 19.5. The predicted octanol–water partition coefficient (Wildman–Crippen LogP) is 8.79. The van der Waals surface area contributed by atoms with Crippen LogP contribution in [0, 0.1) is 17.3 Å². The number of thiazole rings is 2. The first-order chi connectivity index (χ1) is 39.0. The van der Waals surface area contributed by atoms with Crippen LogP contribution in [0.15, 0.2) is 60.7 Å². The third-order valence-corrected chi connectivity index (χ3v) is 19.1. The molecule has 2 aliphatic carbocycles. The third-order valence-electron chi connectivity index (χ3n) is 17.1. The van der Waals surface area contributed by atoms with Crippen LogP contribution in [0.4, 0.5) is 10.0 Å². The van der Waals surface area contributed by atoms with Gasteiger partial charge < -0.3 is 41.7 Å². The Morgan fingerprint density at radius 3 is 1.27 bits per heavy atom. The Hall–Kier alpha value is -6.22. The highest BCUT2D eigenvalue weighted by atomic mass is 32.1. The number of ketones is 2. The summed E-state index contributed by atoms with van der Waals surface area (Å²) in [6.45, 7) is 8.31. The quantitative estimate of drug-likeness (QED) is 0.0361. The Labute approximate surface area is 484 Å². The number of amides is 6. The van der Waals surface area contributed by atoms with Crippen molar-refractivity contribution in [3.63, 3.8) is 0 Å². The lowest BCUT2D eigenvalue weighted by atomic mass is 9.82. The maximum atomic E-state index is 14.4. The standard InChI is InChI=1S/C61H82N10O8S2/c1-37(62-5)51(74)64-49(41-25-15-9-16-26-41)59(78)70-35-19-29-43(70)53(76)68-57-47(39-21-11-7-12-22-39)66-55(80-57)45(72)31-33-61(3,4)34-32-46(73)56-67-48(40-23-13-8-14-24-40)58(81-56)69-54(77)44-30-20-36-71(44)60(79)50(42-27-17-10-18-28-42)65-52(75)38(2)63-6/h7-8,11-14,21-24,37-38,41-44,49-50,62-63H,9-10,15-20,25-36H2,1-6H3,(H,64,74)(H,65,75)(H,68,76)(H,69,77)/t37-,38-,43-,44-,49-,50-/m0/s1. The van der Waals surface area contributed by atoms with E-state index in [0.717, 1.165) is 98.0 Å². The fraction of sp³-hybridized carbons (Fsp3) is 0.574. The van der Waals surface area contributed by atoms with Crippen LogP contribution in [0.1, 0.15) is 163 Å². The molecular weight excluding hydrogens is 1060 g/mol. The maximum Gasteiger partial charge on any atom is 0.247 e. The average molecular weight is 1150 g/mol. The number of anilines is 2. The van der Waals surface area contributed by atoms with Gasteiger partial charge in [-0.05, 0) is 109 Å². The van der Waals surface area contributed by atoms with Gasteiger partial charge in [-0.25, -0.2) is 9.97 Å². The monoisotopic (exact) mass is 1150 g/mol. The SMILES string of the molecule is CN[C@@H](C)C(=O)N[C@H](C(=O)N1CCC[C@H]1C(=O)Nc1sc(C(=O)CCC(C)(C)CCC(=O)c2nc(-c3ccccc3)c(NC(=O)[C@@H]3CCCN3C(=O)[C@@H](NC(=O)[C@H](C)NC)C3CCCCC3)s2)nc1-c1ccccc1)C1CCCCC1. The molecule has 436 valence electrons. The minimum atomic E-state index is -0.769. The molecule has 4 heterocycles. The molecule has 8 rings (SSSR count). The second kappa shape index (κ2) is 28.2. The highest BCUT2D eigenvalue weighted by Crippen LogP contribution is 2.39. The zero-order valence-corrected chi connectivity index (χ0v) is 49.5. The second-order valence-electron chi connectivity index (χ2n) is 23.3. The van der Waals surface area contributed by atoms with Crippen molar-refractivity contribution >= 4 is 79.7 Å². The second-order valence-corrected chi connectivity index (χ2v) is 25.3. The van der Waals surface area contributed by atoms with Crippen molar-refractivity contribution in [1.82, 2.24) is 41.0 Å². The minimum absolute atomic E-state index is 0.0228. The molecule has 0 radical (unpaired) electrons. The summed E-state index contributed by atoms with van der Waals surface area (Å²) >= 11 is 2.21. The molecule has 18 nitrogen and oxygen atoms in total. The van der Waals surface area contributed by atoms with E-state index in [1.54, 1.807) is 37.7 Å². The van der Waals surface area contributed by atoms with Crippen LogP contribution in [0.3, 0.4) is 0 Å². The Bertz CT molecular complexity index is 2670. The fourth-order valence-electron chi connectivity index (χ4n) is 11.7. The number of Topliss-reactive ketones (excluding diaryl/α,β-unsaturated/α-hetero) is 2. The number of likely N-dealkylation sites (N-methyl/N-ethyl adjacent to an activating group) is 2. The van der Waals surface area contributed by atoms with E-state index in [9.17, 15) is 38.4 Å². The highest BCUT2D eigenvalue weighted by molar-refractivity contribution is 7.18. The molecule has 20 heteroatoms. The van der Waals surface area contributed by atoms with E-state index in [4.69, 9.17) is 9.97 Å². The number of likely N-dealkylation sites (tertiary alicyclic amines) is 2. The van der Waals surface area contributed by atoms with Gasteiger partial charge in [-0.1, -0.05) is 136 Å². The summed E-state index contributed by atoms with van der Waals surface area (Å²) in [5, 5.41) is 19.4. The fourth-order valence-corrected chi connectivity index (χ4v) is 13.7. The molecule has 6 atom stereocenters. The van der Waals surface area contributed by atoms with Crippen LogP contribution in [-0.4, -0.2) is 130 Å². The summed E-state index contributed by atoms with van der Waals surface area (Å²) in [5.74, 6) is -2.20. The van der Waals surface area contributed by atoms with Gasteiger partial charge in [0.25, 0.3) is 0 Å². The van der Waals surface area contributed by atoms with Gasteiger partial charge in [-0.2, -0.15) is 0 Å². The van der Waals surface area contributed by atoms with Crippen LogP contribution >= 0.6 is 22.7 Å². The first-order valence-electron chi connectivity index (χ1n) is 29.3. The lowest BCUT2D eigenvalue weighted by molar-refractivity contribution is -0.142. The van der Waals surface area contributed by atoms with Crippen LogP contribution in [0.5, 0.6) is 0 Å². The average Bonchev–Trinajstić information content (AvgIpc) is 4.42. The predicted molar refractivity (Wildman–Crippen MR) is 317 cm³/mol. The van der Waals surface area contributed by atoms with Gasteiger partial charge in [0.15, 0.2) is 21.6 Å². The number of benzene rings is 2. The zero-order chi connectivity index (χ0) is 57.8. The number of carbonyl (C=O) groups excluding carboxylic acids is 8. The van der Waals surface area contributed by atoms with Gasteiger partial charge in [0, 0.05) is 37.1 Å². The molecule has 2 saturated carbocycles. The summed E-state index contributed by atoms with van der Waals surface area (Å²) in [4.78, 5) is 125. The number of rotatable bonds is 24. The molecule has 6 amide bonds. The lowest BCUT2D eigenvalue weighted by Gasteiger charge is -2.35. The van der Waals surface area contributed by atoms with Crippen molar-refractivity contribution in [3.8, 4) is 22.5 Å². The number of nitrogens with zero attached hydrogens (tertiary/aromatic N) is 4. The van der Waals surface area contributed by atoms with Gasteiger partial charge in [-0.3, -0.25) is 38.4 Å². The van der Waals surface area contributed by atoms with Gasteiger partial charge in [0.05, 0.1) is 12.1 Å². The number of nitrogens with one attached hydrogen (secondary N) is 6. The van der Waals surface area contributed by atoms with E-state index in [2.05, 4.69) is 31.9 Å². The Morgan fingerprint density at radius 1 is 0.543 bits per heavy atom. The number of hydrogen-bond donors (Lipinski definition) is 6. The van der Waals surface area contributed by atoms with Gasteiger partial charge in [0.1, 0.15) is 45.6 Å². The molecule has 0 spiro atoms. The number of carbonyl (C=O) groups is 8. The first-order valence-corrected chi connectivity index (χ1v) is 31.0. The zero-order valence-electron chi connectivity index (χ0n) is 47.9. The van der Waals surface area contributed by atoms with Gasteiger partial charge in [-0.15, -0.1) is 0 Å². The van der Waals surface area contributed by atoms with E-state index in [0.29, 0.717) is 73.0 Å². The van der Waals surface area contributed by atoms with E-state index in [1.807, 2.05) is 74.5 Å². The largest absolute Gasteiger partial charge is 0.343 e. The molecule has 2 aromatic carbocycles. The van der Waals surface area contributed by atoms with Crippen LogP contribution in [0.2, 0.25) is 0 Å². The van der Waals surface area contributed by atoms with E-state index < -0.39 is 41.7 Å². The summed E-state index contributed by atoms with van der Waals surface area (Å²) in [5.41, 5.74) is 1.89. The van der Waals surface area contributed by atoms with E-state index >= 15 is 0 Å². The molecule has 4 aromatic rings. The number of aromatic nitrogens is 2. The van der Waals surface area contributed by atoms with Gasteiger partial charge in [0.2, 0.25) is 35.4 Å². The number of hydrogen-bond acceptors (Lipinski definition) is 14. The third kappa shape index (κ3) is 15.3. The smallest absolute Gasteiger partial charge is 0.247 e. The van der Waals surface area contributed by atoms with Crippen LogP contribution in [-0.2, 0) is 28.8 Å². The maximum absolute atomic E-state index is 14.4. The molecule has 2 aromatic heterocycles. The highest BCUT2D eigenvalue weighted by Gasteiger charge is 2.43. The van der Waals surface area contributed by atoms with Crippen molar-refractivity contribution in [2.75, 3.05) is 37.8 Å². The van der Waals surface area contributed by atoms with E-state index in [-0.39, 0.29) is 81.7 Å². The molecule has 4 fully saturated rings. The van der Waals surface area contributed by atoms with Crippen molar-refractivity contribution in [1.29, 1.82) is 0 Å². The first kappa shape index (κ1) is 60.9. The molecule has 6 N–H and O–H groups in total. The van der Waals surface area contributed by atoms with E-state index in [1.165, 1.54) is 0 Å². The summed E-state index contributed by atoms with van der Waals surface area (Å²) in [6.07, 6.45) is 12.7. The molecule has 2 saturated heterocycles. The topological polar surface area (TPSA) is 241 Å². The summed E-state index contributed by atoms with van der Waals surface area (Å²) in [6, 6.07) is 14.7. The Kier molecular flexibility index (Phi) is 21.2.